The van der Waals surface area contributed by atoms with E-state index in [1.54, 1.807) is 4.90 Å². The minimum absolute atomic E-state index is 0.0189. The Morgan fingerprint density at radius 2 is 2.07 bits per heavy atom. The number of nitrogens with one attached hydrogen (secondary N) is 1. The fourth-order valence-electron chi connectivity index (χ4n) is 3.37. The fourth-order valence-corrected chi connectivity index (χ4v) is 3.37. The van der Waals surface area contributed by atoms with Gasteiger partial charge in [0.1, 0.15) is 12.6 Å². The van der Waals surface area contributed by atoms with E-state index < -0.39 is 0 Å². The summed E-state index contributed by atoms with van der Waals surface area (Å²) in [5.74, 6) is 1.01. The van der Waals surface area contributed by atoms with Gasteiger partial charge in [-0.15, -0.1) is 10.2 Å². The van der Waals surface area contributed by atoms with Crippen LogP contribution in [0.5, 0.6) is 0 Å². The summed E-state index contributed by atoms with van der Waals surface area (Å²) in [4.78, 5) is 13.9. The summed E-state index contributed by atoms with van der Waals surface area (Å²) < 4.78 is 10.8. The summed E-state index contributed by atoms with van der Waals surface area (Å²) in [5.41, 5.74) is 3.93. The van der Waals surface area contributed by atoms with E-state index in [1.165, 1.54) is 7.11 Å². The number of hydrogen-bond acceptors (Lipinski definition) is 6. The molecule has 7 heteroatoms. The zero-order valence-corrected chi connectivity index (χ0v) is 15.9. The van der Waals surface area contributed by atoms with Crippen molar-refractivity contribution in [2.75, 3.05) is 30.5 Å². The molecule has 2 aromatic carbocycles. The molecule has 3 aromatic rings. The number of hydrogen-bond donors (Lipinski definition) is 1. The third-order valence-corrected chi connectivity index (χ3v) is 4.76. The summed E-state index contributed by atoms with van der Waals surface area (Å²) in [6, 6.07) is 15.5. The van der Waals surface area contributed by atoms with Crippen LogP contribution in [0.3, 0.4) is 0 Å². The van der Waals surface area contributed by atoms with E-state index >= 15 is 0 Å². The van der Waals surface area contributed by atoms with Gasteiger partial charge in [-0.25, -0.2) is 0 Å². The molecule has 7 nitrogen and oxygen atoms in total. The first-order chi connectivity index (χ1) is 13.7. The number of carbonyl (C=O) groups excluding carboxylic acids is 1. The topological polar surface area (TPSA) is 80.5 Å². The Bertz CT molecular complexity index is 971. The highest BCUT2D eigenvalue weighted by molar-refractivity contribution is 5.96. The molecule has 4 rings (SSSR count). The third kappa shape index (κ3) is 3.61. The number of carbonyl (C=O) groups is 1. The van der Waals surface area contributed by atoms with E-state index in [-0.39, 0.29) is 18.6 Å². The molecule has 0 fully saturated rings. The van der Waals surface area contributed by atoms with Crippen molar-refractivity contribution in [1.29, 1.82) is 0 Å². The molecule has 1 N–H and O–H groups in total. The van der Waals surface area contributed by atoms with Crippen molar-refractivity contribution in [2.24, 2.45) is 0 Å². The molecule has 1 unspecified atom stereocenters. The highest BCUT2D eigenvalue weighted by Gasteiger charge is 2.25. The lowest BCUT2D eigenvalue weighted by molar-refractivity contribution is -0.122. The normalized spacial score (nSPS) is 14.0. The SMILES string of the molecule is COCC(=O)N1CCc2cc(NC(C)c3nnc(-c4ccccc4)o3)ccc21. The molecule has 0 saturated heterocycles. The molecule has 1 aromatic heterocycles. The Morgan fingerprint density at radius 3 is 2.86 bits per heavy atom. The molecule has 144 valence electrons. The van der Waals surface area contributed by atoms with Crippen LogP contribution < -0.4 is 10.2 Å². The third-order valence-electron chi connectivity index (χ3n) is 4.76. The Labute approximate surface area is 163 Å². The zero-order valence-electron chi connectivity index (χ0n) is 15.9. The van der Waals surface area contributed by atoms with Crippen LogP contribution in [0.15, 0.2) is 52.9 Å². The van der Waals surface area contributed by atoms with E-state index in [0.717, 1.165) is 28.9 Å². The molecule has 1 aliphatic heterocycles. The van der Waals surface area contributed by atoms with Gasteiger partial charge in [-0.2, -0.15) is 0 Å². The second-order valence-electron chi connectivity index (χ2n) is 6.75. The van der Waals surface area contributed by atoms with Crippen LogP contribution in [0, 0.1) is 0 Å². The standard InChI is InChI=1S/C21H22N4O3/c1-14(20-23-24-21(28-20)15-6-4-3-5-7-15)22-17-8-9-18-16(12-17)10-11-25(18)19(26)13-27-2/h3-9,12,14,22H,10-11,13H2,1-2H3. The average Bonchev–Trinajstić information content (AvgIpc) is 3.36. The van der Waals surface area contributed by atoms with Crippen LogP contribution in [-0.2, 0) is 16.0 Å². The molecule has 1 amide bonds. The minimum atomic E-state index is -0.143. The van der Waals surface area contributed by atoms with E-state index in [4.69, 9.17) is 9.15 Å². The molecule has 0 saturated carbocycles. The quantitative estimate of drug-likeness (QED) is 0.708. The van der Waals surface area contributed by atoms with Crippen LogP contribution in [-0.4, -0.2) is 36.4 Å². The van der Waals surface area contributed by atoms with Crippen LogP contribution in [0.4, 0.5) is 11.4 Å². The molecule has 1 aliphatic rings. The van der Waals surface area contributed by atoms with Crippen molar-refractivity contribution in [1.82, 2.24) is 10.2 Å². The van der Waals surface area contributed by atoms with Crippen LogP contribution in [0.2, 0.25) is 0 Å². The summed E-state index contributed by atoms with van der Waals surface area (Å²) >= 11 is 0. The number of nitrogens with zero attached hydrogens (tertiary/aromatic N) is 3. The number of anilines is 2. The van der Waals surface area contributed by atoms with Gasteiger partial charge in [0.25, 0.3) is 5.91 Å². The summed E-state index contributed by atoms with van der Waals surface area (Å²) in [6.45, 7) is 2.75. The molecule has 0 bridgehead atoms. The number of fused-ring (bicyclic) bond motifs is 1. The van der Waals surface area contributed by atoms with Crippen molar-refractivity contribution in [3.05, 3.63) is 60.0 Å². The number of ether oxygens (including phenoxy) is 1. The van der Waals surface area contributed by atoms with E-state index in [9.17, 15) is 4.79 Å². The van der Waals surface area contributed by atoms with Gasteiger partial charge in [-0.05, 0) is 49.2 Å². The zero-order chi connectivity index (χ0) is 19.5. The van der Waals surface area contributed by atoms with Crippen molar-refractivity contribution in [2.45, 2.75) is 19.4 Å². The van der Waals surface area contributed by atoms with E-state index in [0.29, 0.717) is 18.3 Å². The second kappa shape index (κ2) is 7.82. The molecule has 2 heterocycles. The number of amides is 1. The van der Waals surface area contributed by atoms with Gasteiger partial charge in [0.2, 0.25) is 11.8 Å². The van der Waals surface area contributed by atoms with Gasteiger partial charge in [0.05, 0.1) is 0 Å². The second-order valence-corrected chi connectivity index (χ2v) is 6.75. The summed E-state index contributed by atoms with van der Waals surface area (Å²) in [5, 5.41) is 11.7. The fraction of sp³-hybridized carbons (Fsp3) is 0.286. The summed E-state index contributed by atoms with van der Waals surface area (Å²) in [6.07, 6.45) is 0.827. The molecule has 0 radical (unpaired) electrons. The van der Waals surface area contributed by atoms with Gasteiger partial charge < -0.3 is 19.4 Å². The van der Waals surface area contributed by atoms with Gasteiger partial charge in [-0.3, -0.25) is 4.79 Å². The number of benzene rings is 2. The maximum atomic E-state index is 12.1. The highest BCUT2D eigenvalue weighted by atomic mass is 16.5. The van der Waals surface area contributed by atoms with Crippen LogP contribution in [0.1, 0.15) is 24.4 Å². The Balaban J connectivity index is 1.47. The van der Waals surface area contributed by atoms with Crippen molar-refractivity contribution < 1.29 is 13.9 Å². The maximum absolute atomic E-state index is 12.1. The highest BCUT2D eigenvalue weighted by Crippen LogP contribution is 2.32. The maximum Gasteiger partial charge on any atom is 0.252 e. The molecule has 1 atom stereocenters. The smallest absolute Gasteiger partial charge is 0.252 e. The Hall–Kier alpha value is -3.19. The first kappa shape index (κ1) is 18.2. The molecule has 28 heavy (non-hydrogen) atoms. The average molecular weight is 378 g/mol. The monoisotopic (exact) mass is 378 g/mol. The van der Waals surface area contributed by atoms with Gasteiger partial charge in [0.15, 0.2) is 0 Å². The molecule has 0 aliphatic carbocycles. The van der Waals surface area contributed by atoms with Crippen LogP contribution in [0.25, 0.3) is 11.5 Å². The first-order valence-corrected chi connectivity index (χ1v) is 9.23. The van der Waals surface area contributed by atoms with Crippen molar-refractivity contribution >= 4 is 17.3 Å². The number of aromatic nitrogens is 2. The van der Waals surface area contributed by atoms with E-state index in [2.05, 4.69) is 21.6 Å². The van der Waals surface area contributed by atoms with Crippen molar-refractivity contribution in [3.8, 4) is 11.5 Å². The lowest BCUT2D eigenvalue weighted by Gasteiger charge is -2.17. The van der Waals surface area contributed by atoms with Crippen LogP contribution >= 0.6 is 0 Å². The predicted molar refractivity (Wildman–Crippen MR) is 106 cm³/mol. The van der Waals surface area contributed by atoms with Gasteiger partial charge >= 0.3 is 0 Å². The summed E-state index contributed by atoms with van der Waals surface area (Å²) in [7, 11) is 1.53. The van der Waals surface area contributed by atoms with Crippen molar-refractivity contribution in [3.63, 3.8) is 0 Å². The van der Waals surface area contributed by atoms with E-state index in [1.807, 2.05) is 49.4 Å². The first-order valence-electron chi connectivity index (χ1n) is 9.23. The Kier molecular flexibility index (Phi) is 5.08. The lowest BCUT2D eigenvalue weighted by atomic mass is 10.1. The Morgan fingerprint density at radius 1 is 1.25 bits per heavy atom. The number of rotatable bonds is 6. The minimum Gasteiger partial charge on any atom is -0.418 e. The van der Waals surface area contributed by atoms with Gasteiger partial charge in [0, 0.05) is 30.6 Å². The lowest BCUT2D eigenvalue weighted by Crippen LogP contribution is -2.31. The van der Waals surface area contributed by atoms with Gasteiger partial charge in [-0.1, -0.05) is 18.2 Å². The predicted octanol–water partition coefficient (Wildman–Crippen LogP) is 3.45. The molecular weight excluding hydrogens is 356 g/mol. The molecule has 0 spiro atoms. The largest absolute Gasteiger partial charge is 0.418 e. The molecular formula is C21H22N4O3. The number of methoxy groups -OCH3 is 1.